The molecule has 8 heteroatoms. The molecule has 26 heavy (non-hydrogen) atoms. The Balaban J connectivity index is 0.000000758. The molecule has 0 spiro atoms. The Hall–Kier alpha value is -2.74. The van der Waals surface area contributed by atoms with Gasteiger partial charge in [0, 0.05) is 17.6 Å². The minimum absolute atomic E-state index is 0.0123. The number of hydrogen-bond donors (Lipinski definition) is 1. The zero-order valence-corrected chi connectivity index (χ0v) is 15.5. The van der Waals surface area contributed by atoms with Gasteiger partial charge in [0.05, 0.1) is 6.54 Å². The number of aromatic nitrogens is 1. The number of carbonyl (C=O) groups is 3. The van der Waals surface area contributed by atoms with Crippen LogP contribution in [0, 0.1) is 6.92 Å². The predicted octanol–water partition coefficient (Wildman–Crippen LogP) is 1.91. The van der Waals surface area contributed by atoms with E-state index < -0.39 is 6.04 Å². The van der Waals surface area contributed by atoms with Crippen LogP contribution in [0.1, 0.15) is 23.2 Å². The van der Waals surface area contributed by atoms with E-state index in [0.717, 1.165) is 16.3 Å². The molecule has 2 heterocycles. The molecule has 2 aromatic rings. The third-order valence-electron chi connectivity index (χ3n) is 3.97. The molecule has 1 aliphatic rings. The van der Waals surface area contributed by atoms with Crippen molar-refractivity contribution in [1.82, 2.24) is 14.8 Å². The van der Waals surface area contributed by atoms with Crippen molar-refractivity contribution >= 4 is 29.6 Å². The van der Waals surface area contributed by atoms with Gasteiger partial charge in [-0.25, -0.2) is 4.98 Å². The van der Waals surface area contributed by atoms with Gasteiger partial charge in [0.25, 0.3) is 6.47 Å². The summed E-state index contributed by atoms with van der Waals surface area (Å²) in [6.45, 7) is 4.47. The van der Waals surface area contributed by atoms with E-state index in [1.54, 1.807) is 16.7 Å². The van der Waals surface area contributed by atoms with Gasteiger partial charge in [0.1, 0.15) is 17.6 Å². The van der Waals surface area contributed by atoms with Crippen LogP contribution in [-0.4, -0.2) is 50.8 Å². The number of benzene rings is 1. The fourth-order valence-corrected chi connectivity index (χ4v) is 3.50. The van der Waals surface area contributed by atoms with Crippen LogP contribution in [0.2, 0.25) is 0 Å². The molecule has 1 aromatic heterocycles. The molecule has 7 nitrogen and oxygen atoms in total. The summed E-state index contributed by atoms with van der Waals surface area (Å²) in [5.41, 5.74) is 1.98. The number of carboxylic acid groups (broad SMARTS) is 1. The molecule has 1 atom stereocenters. The molecular formula is C18H21N3O4S. The highest BCUT2D eigenvalue weighted by molar-refractivity contribution is 7.09. The second-order valence-corrected chi connectivity index (χ2v) is 6.81. The van der Waals surface area contributed by atoms with E-state index in [-0.39, 0.29) is 24.8 Å². The van der Waals surface area contributed by atoms with Crippen LogP contribution in [0.5, 0.6) is 0 Å². The first-order valence-electron chi connectivity index (χ1n) is 8.07. The smallest absolute Gasteiger partial charge is 0.290 e. The number of piperazine rings is 1. The lowest BCUT2D eigenvalue weighted by molar-refractivity contribution is -0.156. The van der Waals surface area contributed by atoms with E-state index in [9.17, 15) is 9.59 Å². The molecule has 1 aliphatic heterocycles. The Morgan fingerprint density at radius 1 is 1.27 bits per heavy atom. The molecule has 1 fully saturated rings. The monoisotopic (exact) mass is 375 g/mol. The Kier molecular flexibility index (Phi) is 6.85. The molecule has 0 saturated carbocycles. The van der Waals surface area contributed by atoms with E-state index >= 15 is 0 Å². The summed E-state index contributed by atoms with van der Waals surface area (Å²) < 4.78 is 0. The van der Waals surface area contributed by atoms with Crippen molar-refractivity contribution < 1.29 is 19.5 Å². The number of carbonyl (C=O) groups excluding carboxylic acids is 2. The summed E-state index contributed by atoms with van der Waals surface area (Å²) in [7, 11) is 0. The van der Waals surface area contributed by atoms with Crippen LogP contribution in [0.25, 0.3) is 0 Å². The van der Waals surface area contributed by atoms with E-state index in [1.807, 2.05) is 42.6 Å². The quantitative estimate of drug-likeness (QED) is 0.825. The lowest BCUT2D eigenvalue weighted by Gasteiger charge is -2.38. The maximum atomic E-state index is 12.6. The average molecular weight is 375 g/mol. The first-order valence-corrected chi connectivity index (χ1v) is 8.95. The Morgan fingerprint density at radius 2 is 1.92 bits per heavy atom. The predicted molar refractivity (Wildman–Crippen MR) is 97.4 cm³/mol. The summed E-state index contributed by atoms with van der Waals surface area (Å²) in [6.07, 6.45) is 0. The van der Waals surface area contributed by atoms with E-state index in [1.165, 1.54) is 11.3 Å². The summed E-state index contributed by atoms with van der Waals surface area (Å²) in [5, 5.41) is 9.71. The molecule has 3 rings (SSSR count). The summed E-state index contributed by atoms with van der Waals surface area (Å²) in [6, 6.07) is 9.29. The number of thiazole rings is 1. The maximum Gasteiger partial charge on any atom is 0.290 e. The molecule has 2 amide bonds. The topological polar surface area (TPSA) is 90.8 Å². The van der Waals surface area contributed by atoms with Crippen molar-refractivity contribution in [2.75, 3.05) is 6.54 Å². The highest BCUT2D eigenvalue weighted by Gasteiger charge is 2.36. The lowest BCUT2D eigenvalue weighted by Crippen LogP contribution is -2.57. The van der Waals surface area contributed by atoms with Crippen molar-refractivity contribution in [3.8, 4) is 0 Å². The van der Waals surface area contributed by atoms with Crippen molar-refractivity contribution in [2.24, 2.45) is 0 Å². The summed E-state index contributed by atoms with van der Waals surface area (Å²) in [4.78, 5) is 41.1. The highest BCUT2D eigenvalue weighted by atomic mass is 32.1. The van der Waals surface area contributed by atoms with E-state index in [2.05, 4.69) is 4.98 Å². The number of amides is 2. The third kappa shape index (κ3) is 4.89. The largest absolute Gasteiger partial charge is 0.483 e. The second-order valence-electron chi connectivity index (χ2n) is 5.87. The third-order valence-corrected chi connectivity index (χ3v) is 4.92. The van der Waals surface area contributed by atoms with Gasteiger partial charge < -0.3 is 14.9 Å². The van der Waals surface area contributed by atoms with Crippen LogP contribution < -0.4 is 0 Å². The lowest BCUT2D eigenvalue weighted by atomic mass is 10.1. The number of rotatable bonds is 4. The van der Waals surface area contributed by atoms with Gasteiger partial charge in [-0.1, -0.05) is 30.3 Å². The maximum absolute atomic E-state index is 12.6. The van der Waals surface area contributed by atoms with Gasteiger partial charge >= 0.3 is 0 Å². The minimum Gasteiger partial charge on any atom is -0.483 e. The van der Waals surface area contributed by atoms with Gasteiger partial charge in [-0.05, 0) is 19.4 Å². The second kappa shape index (κ2) is 9.10. The first-order chi connectivity index (χ1) is 12.5. The SMILES string of the molecule is Cc1csc(CN2C(=O)CN(Cc3ccccc3)C(=O)[C@H]2C)n1.O=CO. The van der Waals surface area contributed by atoms with Gasteiger partial charge in [-0.2, -0.15) is 0 Å². The van der Waals surface area contributed by atoms with Gasteiger partial charge in [-0.15, -0.1) is 11.3 Å². The van der Waals surface area contributed by atoms with Gasteiger partial charge in [-0.3, -0.25) is 14.4 Å². The Bertz CT molecular complexity index is 763. The minimum atomic E-state index is -0.454. The molecule has 0 unspecified atom stereocenters. The van der Waals surface area contributed by atoms with Crippen LogP contribution in [0.15, 0.2) is 35.7 Å². The zero-order chi connectivity index (χ0) is 19.1. The standard InChI is InChI=1S/C17H19N3O2S.CH2O2/c1-12-11-23-15(18-12)9-20-13(2)17(22)19(10-16(20)21)8-14-6-4-3-5-7-14;2-1-3/h3-7,11,13H,8-10H2,1-2H3;1H,(H,2,3)/t13-;/m1./s1. The fraction of sp³-hybridized carbons (Fsp3) is 0.333. The fourth-order valence-electron chi connectivity index (χ4n) is 2.73. The Labute approximate surface area is 155 Å². The Morgan fingerprint density at radius 3 is 2.50 bits per heavy atom. The van der Waals surface area contributed by atoms with Gasteiger partial charge in [0.15, 0.2) is 0 Å². The van der Waals surface area contributed by atoms with Crippen LogP contribution >= 0.6 is 11.3 Å². The molecule has 1 saturated heterocycles. The van der Waals surface area contributed by atoms with Crippen molar-refractivity contribution in [2.45, 2.75) is 33.0 Å². The van der Waals surface area contributed by atoms with E-state index in [0.29, 0.717) is 13.1 Å². The van der Waals surface area contributed by atoms with Crippen molar-refractivity contribution in [3.63, 3.8) is 0 Å². The molecule has 138 valence electrons. The number of aryl methyl sites for hydroxylation is 1. The molecule has 0 aliphatic carbocycles. The summed E-state index contributed by atoms with van der Waals surface area (Å²) >= 11 is 1.52. The molecule has 1 aromatic carbocycles. The van der Waals surface area contributed by atoms with Crippen LogP contribution in [-0.2, 0) is 27.5 Å². The molecule has 0 radical (unpaired) electrons. The summed E-state index contributed by atoms with van der Waals surface area (Å²) in [5.74, 6) is -0.0392. The van der Waals surface area contributed by atoms with Crippen LogP contribution in [0.3, 0.4) is 0 Å². The van der Waals surface area contributed by atoms with Gasteiger partial charge in [0.2, 0.25) is 11.8 Å². The highest BCUT2D eigenvalue weighted by Crippen LogP contribution is 2.20. The van der Waals surface area contributed by atoms with Crippen molar-refractivity contribution in [3.05, 3.63) is 52.0 Å². The van der Waals surface area contributed by atoms with Crippen molar-refractivity contribution in [1.29, 1.82) is 0 Å². The zero-order valence-electron chi connectivity index (χ0n) is 14.7. The van der Waals surface area contributed by atoms with Crippen LogP contribution in [0.4, 0.5) is 0 Å². The average Bonchev–Trinajstić information content (AvgIpc) is 3.03. The van der Waals surface area contributed by atoms with E-state index in [4.69, 9.17) is 9.90 Å². The molecular weight excluding hydrogens is 354 g/mol. The number of nitrogens with zero attached hydrogens (tertiary/aromatic N) is 3. The first kappa shape index (κ1) is 19.6. The molecule has 1 N–H and O–H groups in total. The normalized spacial score (nSPS) is 16.9. The number of hydrogen-bond acceptors (Lipinski definition) is 5. The molecule has 0 bridgehead atoms.